The summed E-state index contributed by atoms with van der Waals surface area (Å²) in [5, 5.41) is 29.8. The van der Waals surface area contributed by atoms with Crippen LogP contribution >= 0.6 is 50.2 Å². The first-order valence-electron chi connectivity index (χ1n) is 21.6. The van der Waals surface area contributed by atoms with Crippen molar-refractivity contribution >= 4 is 79.3 Å². The first kappa shape index (κ1) is 63.5. The molecule has 83 heavy (non-hydrogen) atoms. The van der Waals surface area contributed by atoms with Crippen LogP contribution in [0.1, 0.15) is 38.2 Å². The summed E-state index contributed by atoms with van der Waals surface area (Å²) in [6.45, 7) is -0.0123. The maximum atomic E-state index is 13.1. The second-order valence-corrected chi connectivity index (χ2v) is 18.2. The average molecular weight is 1310 g/mol. The van der Waals surface area contributed by atoms with E-state index in [1.165, 1.54) is 65.8 Å². The number of halogens is 17. The van der Waals surface area contributed by atoms with Gasteiger partial charge in [-0.05, 0) is 60.7 Å². The molecule has 0 aliphatic carbocycles. The van der Waals surface area contributed by atoms with E-state index in [0.717, 1.165) is 28.3 Å². The minimum Gasteiger partial charge on any atom is -0.384 e. The van der Waals surface area contributed by atoms with Crippen molar-refractivity contribution in [3.05, 3.63) is 160 Å². The van der Waals surface area contributed by atoms with Crippen molar-refractivity contribution in [2.45, 2.75) is 42.8 Å². The van der Waals surface area contributed by atoms with E-state index in [1.54, 1.807) is 30.5 Å². The Balaban J connectivity index is 0.000000183. The van der Waals surface area contributed by atoms with Crippen LogP contribution < -0.4 is 16.0 Å². The van der Waals surface area contributed by atoms with Crippen LogP contribution in [-0.4, -0.2) is 80.8 Å². The topological polar surface area (TPSA) is 274 Å². The second-order valence-electron chi connectivity index (χ2n) is 14.9. The summed E-state index contributed by atoms with van der Waals surface area (Å²) >= 11 is 10.8. The minimum absolute atomic E-state index is 0.0123. The lowest BCUT2D eigenvalue weighted by molar-refractivity contribution is -0.160. The highest BCUT2D eigenvalue weighted by atomic mass is 79.9. The average Bonchev–Trinajstić information content (AvgIpc) is 4.53. The quantitative estimate of drug-likeness (QED) is 0.100. The van der Waals surface area contributed by atoms with Gasteiger partial charge in [-0.1, -0.05) is 37.8 Å². The lowest BCUT2D eigenvalue weighted by Crippen LogP contribution is -2.20. The first-order valence-corrected chi connectivity index (χ1v) is 24.7. The normalized spacial score (nSPS) is 11.6. The molecule has 40 heteroatoms. The Hall–Kier alpha value is -8.72. The molecule has 10 aromatic heterocycles. The molecule has 0 bridgehead atoms. The molecule has 0 aromatic carbocycles. The Bertz CT molecular complexity index is 3600. The largest absolute Gasteiger partial charge is 0.471 e. The number of rotatable bonds is 9. The number of anilines is 5. The highest BCUT2D eigenvalue weighted by molar-refractivity contribution is 9.08. The number of nitrogens with zero attached hydrogens (tertiary/aromatic N) is 17. The molecular formula is C43H26BrClF15N19O2S2. The van der Waals surface area contributed by atoms with Gasteiger partial charge < -0.3 is 25.0 Å². The molecule has 10 rings (SSSR count). The third-order valence-electron chi connectivity index (χ3n) is 9.01. The minimum atomic E-state index is -4.78. The molecule has 3 N–H and O–H groups in total. The van der Waals surface area contributed by atoms with E-state index < -0.39 is 59.4 Å². The summed E-state index contributed by atoms with van der Waals surface area (Å²) in [4.78, 5) is 32.9. The fourth-order valence-corrected chi connectivity index (χ4v) is 7.82. The molecule has 436 valence electrons. The third-order valence-corrected chi connectivity index (χ3v) is 12.3. The highest BCUT2D eigenvalue weighted by Crippen LogP contribution is 2.37. The van der Waals surface area contributed by atoms with Crippen LogP contribution in [0.5, 0.6) is 0 Å². The van der Waals surface area contributed by atoms with Gasteiger partial charge in [0.15, 0.2) is 16.8 Å². The van der Waals surface area contributed by atoms with Gasteiger partial charge in [-0.15, -0.1) is 38.0 Å². The Kier molecular flexibility index (Phi) is 21.3. The molecule has 0 saturated carbocycles. The molecular weight excluding hydrogens is 1280 g/mol. The predicted molar refractivity (Wildman–Crippen MR) is 264 cm³/mol. The Labute approximate surface area is 473 Å². The van der Waals surface area contributed by atoms with Gasteiger partial charge in [0.2, 0.25) is 11.6 Å². The Morgan fingerprint density at radius 2 is 1.02 bits per heavy atom. The van der Waals surface area contributed by atoms with Crippen LogP contribution in [0, 0.1) is 0 Å². The van der Waals surface area contributed by atoms with E-state index >= 15 is 0 Å². The SMILES string of the molecule is FC(F)(F)c1cnnc(Cl)c1.FC(F)(F)c1cnnc(N(Cc2ccc(-c3noc(C(F)(F)F)n3)s2)c2ccncn2)c1.FC(F)(F)c1cnnc(Nc2ccncn2)c1.FC(F)(F)c1nc(-c2ccc(CBr)s2)no1.Nc1ccncn1. The summed E-state index contributed by atoms with van der Waals surface area (Å²) in [6, 6.07) is 13.5. The van der Waals surface area contributed by atoms with Crippen LogP contribution in [0.4, 0.5) is 94.9 Å². The van der Waals surface area contributed by atoms with Gasteiger partial charge in [0.05, 0.1) is 51.6 Å². The van der Waals surface area contributed by atoms with Crippen molar-refractivity contribution in [1.82, 2.24) is 80.8 Å². The molecule has 0 radical (unpaired) electrons. The van der Waals surface area contributed by atoms with Crippen molar-refractivity contribution < 1.29 is 74.9 Å². The van der Waals surface area contributed by atoms with Crippen LogP contribution in [-0.2, 0) is 42.8 Å². The number of hydrogen-bond acceptors (Lipinski definition) is 23. The Morgan fingerprint density at radius 3 is 1.46 bits per heavy atom. The zero-order chi connectivity index (χ0) is 60.6. The number of alkyl halides is 16. The standard InChI is InChI=1S/C17H9F6N7OS.C9H6F3N5.C8H4BrF3N2OS.C5H2ClF3N2.C4H5N3/c18-16(19,20)9-5-13(28-26-6-9)30(12-3-4-24-8-25-12)7-10-1-2-11(32-10)14-27-15(31-29-14)17(21,22)23;10-9(11,12)6-3-8(17-15-4-6)16-7-1-2-13-5-14-7;9-3-4-1-2-5(16-4)6-13-7(15-14-6)8(10,11)12;6-4-1-3(2-10-11-4)5(7,8)9;5-4-1-2-6-3-7-4/h1-6,8H,7H2;1-5H,(H,13,14,16,17);1-2H,3H2;1-2H;1-3H,(H2,5,6,7). The number of nitrogens with two attached hydrogens (primary N) is 1. The summed E-state index contributed by atoms with van der Waals surface area (Å²) < 4.78 is 195. The smallest absolute Gasteiger partial charge is 0.384 e. The van der Waals surface area contributed by atoms with E-state index in [2.05, 4.69) is 111 Å². The van der Waals surface area contributed by atoms with Gasteiger partial charge in [-0.3, -0.25) is 0 Å². The monoisotopic (exact) mass is 1300 g/mol. The van der Waals surface area contributed by atoms with E-state index in [9.17, 15) is 65.9 Å². The van der Waals surface area contributed by atoms with Crippen molar-refractivity contribution in [3.8, 4) is 21.4 Å². The maximum Gasteiger partial charge on any atom is 0.471 e. The fraction of sp³-hybridized carbons (Fsp3) is 0.163. The zero-order valence-electron chi connectivity index (χ0n) is 40.1. The van der Waals surface area contributed by atoms with E-state index in [4.69, 9.17) is 17.3 Å². The molecule has 21 nitrogen and oxygen atoms in total. The van der Waals surface area contributed by atoms with E-state index in [1.807, 2.05) is 0 Å². The van der Waals surface area contributed by atoms with Crippen LogP contribution in [0.25, 0.3) is 21.4 Å². The maximum absolute atomic E-state index is 13.1. The van der Waals surface area contributed by atoms with Crippen molar-refractivity contribution in [1.29, 1.82) is 0 Å². The lowest BCUT2D eigenvalue weighted by Gasteiger charge is -2.22. The highest BCUT2D eigenvalue weighted by Gasteiger charge is 2.40. The van der Waals surface area contributed by atoms with E-state index in [0.29, 0.717) is 51.4 Å². The molecule has 10 heterocycles. The van der Waals surface area contributed by atoms with Crippen molar-refractivity contribution in [2.24, 2.45) is 0 Å². The molecule has 0 fully saturated rings. The lowest BCUT2D eigenvalue weighted by atomic mass is 10.2. The van der Waals surface area contributed by atoms with Crippen LogP contribution in [0.2, 0.25) is 5.15 Å². The molecule has 10 aromatic rings. The van der Waals surface area contributed by atoms with E-state index in [-0.39, 0.29) is 45.7 Å². The van der Waals surface area contributed by atoms with Gasteiger partial charge >= 0.3 is 42.7 Å². The summed E-state index contributed by atoms with van der Waals surface area (Å²) in [7, 11) is 0. The van der Waals surface area contributed by atoms with Crippen molar-refractivity contribution in [3.63, 3.8) is 0 Å². The molecule has 0 spiro atoms. The Morgan fingerprint density at radius 1 is 0.530 bits per heavy atom. The first-order chi connectivity index (χ1) is 39.1. The van der Waals surface area contributed by atoms with Crippen LogP contribution in [0.15, 0.2) is 126 Å². The third kappa shape index (κ3) is 19.8. The number of aromatic nitrogens is 16. The van der Waals surface area contributed by atoms with Gasteiger partial charge in [0.1, 0.15) is 36.4 Å². The second kappa shape index (κ2) is 27.8. The predicted octanol–water partition coefficient (Wildman–Crippen LogP) is 12.7. The van der Waals surface area contributed by atoms with Gasteiger partial charge in [-0.25, -0.2) is 29.9 Å². The number of thiophene rings is 2. The van der Waals surface area contributed by atoms with Gasteiger partial charge in [-0.2, -0.15) is 91.1 Å². The molecule has 0 saturated heterocycles. The zero-order valence-corrected chi connectivity index (χ0v) is 44.1. The van der Waals surface area contributed by atoms with Crippen LogP contribution in [0.3, 0.4) is 0 Å². The summed E-state index contributed by atoms with van der Waals surface area (Å²) in [5.74, 6) is -2.18. The number of nitrogens with one attached hydrogen (secondary N) is 1. The number of hydrogen-bond donors (Lipinski definition) is 2. The fourth-order valence-electron chi connectivity index (χ4n) is 5.43. The number of nitrogen functional groups attached to an aromatic ring is 1. The van der Waals surface area contributed by atoms with Gasteiger partial charge in [0.25, 0.3) is 0 Å². The summed E-state index contributed by atoms with van der Waals surface area (Å²) in [6.07, 6.45) is -12.6. The molecule has 0 aliphatic rings. The molecule has 0 unspecified atom stereocenters. The molecule has 0 aliphatic heterocycles. The van der Waals surface area contributed by atoms with Crippen molar-refractivity contribution in [2.75, 3.05) is 16.0 Å². The molecule has 0 amide bonds. The van der Waals surface area contributed by atoms with Gasteiger partial charge in [0, 0.05) is 33.7 Å². The molecule has 0 atom stereocenters. The summed E-state index contributed by atoms with van der Waals surface area (Å²) in [5.41, 5.74) is 2.44.